The van der Waals surface area contributed by atoms with E-state index in [4.69, 9.17) is 5.26 Å². The predicted molar refractivity (Wildman–Crippen MR) is 91.7 cm³/mol. The Bertz CT molecular complexity index is 861. The molecule has 2 amide bonds. The minimum absolute atomic E-state index is 0.120. The van der Waals surface area contributed by atoms with Crippen molar-refractivity contribution in [2.45, 2.75) is 13.5 Å². The van der Waals surface area contributed by atoms with Crippen LogP contribution in [-0.2, 0) is 11.3 Å². The quantitative estimate of drug-likeness (QED) is 0.787. The van der Waals surface area contributed by atoms with E-state index in [0.717, 1.165) is 22.2 Å². The molecule has 0 atom stereocenters. The average Bonchev–Trinajstić information content (AvgIpc) is 3.06. The highest BCUT2D eigenvalue weighted by atomic mass is 32.2. The van der Waals surface area contributed by atoms with E-state index in [1.54, 1.807) is 30.3 Å². The topological polar surface area (TPSA) is 61.2 Å². The number of nitrogens with zero attached hydrogens (tertiary/aromatic N) is 2. The van der Waals surface area contributed by atoms with Crippen LogP contribution in [0.15, 0.2) is 40.6 Å². The summed E-state index contributed by atoms with van der Waals surface area (Å²) in [6, 6.07) is 11.1. The van der Waals surface area contributed by atoms with Crippen molar-refractivity contribution in [3.05, 3.63) is 62.2 Å². The Morgan fingerprint density at radius 3 is 2.74 bits per heavy atom. The fraction of sp³-hybridized carbons (Fsp3) is 0.118. The minimum Gasteiger partial charge on any atom is -0.268 e. The molecule has 114 valence electrons. The van der Waals surface area contributed by atoms with Gasteiger partial charge in [-0.3, -0.25) is 14.5 Å². The second-order valence-electron chi connectivity index (χ2n) is 5.00. The van der Waals surface area contributed by atoms with Crippen LogP contribution in [0.5, 0.6) is 0 Å². The molecule has 0 aliphatic carbocycles. The zero-order valence-electron chi connectivity index (χ0n) is 12.3. The zero-order chi connectivity index (χ0) is 16.4. The van der Waals surface area contributed by atoms with Gasteiger partial charge in [0.1, 0.15) is 0 Å². The third-order valence-electron chi connectivity index (χ3n) is 3.50. The van der Waals surface area contributed by atoms with Crippen molar-refractivity contribution in [1.82, 2.24) is 4.90 Å². The third-order valence-corrected chi connectivity index (χ3v) is 5.38. The first-order valence-corrected chi connectivity index (χ1v) is 8.57. The normalized spacial score (nSPS) is 16.2. The maximum absolute atomic E-state index is 12.5. The molecule has 1 fully saturated rings. The molecule has 6 heteroatoms. The summed E-state index contributed by atoms with van der Waals surface area (Å²) in [6.07, 6.45) is 1.76. The van der Waals surface area contributed by atoms with Crippen LogP contribution in [0.2, 0.25) is 0 Å². The maximum Gasteiger partial charge on any atom is 0.293 e. The van der Waals surface area contributed by atoms with Crippen LogP contribution in [0.1, 0.15) is 21.6 Å². The molecule has 1 aromatic carbocycles. The Kier molecular flexibility index (Phi) is 4.33. The molecule has 23 heavy (non-hydrogen) atoms. The van der Waals surface area contributed by atoms with Crippen LogP contribution in [0.4, 0.5) is 4.79 Å². The molecule has 0 spiro atoms. The van der Waals surface area contributed by atoms with Gasteiger partial charge in [0.25, 0.3) is 11.1 Å². The smallest absolute Gasteiger partial charge is 0.268 e. The Hall–Kier alpha value is -2.36. The van der Waals surface area contributed by atoms with Crippen LogP contribution in [0.25, 0.3) is 6.08 Å². The molecule has 3 rings (SSSR count). The lowest BCUT2D eigenvalue weighted by Gasteiger charge is -2.13. The summed E-state index contributed by atoms with van der Waals surface area (Å²) in [5, 5.41) is 10.8. The van der Waals surface area contributed by atoms with Crippen LogP contribution in [-0.4, -0.2) is 16.0 Å². The van der Waals surface area contributed by atoms with Crippen LogP contribution < -0.4 is 0 Å². The van der Waals surface area contributed by atoms with Crippen LogP contribution in [0, 0.1) is 18.3 Å². The number of nitriles is 1. The molecule has 2 heterocycles. The van der Waals surface area contributed by atoms with Gasteiger partial charge in [0.2, 0.25) is 0 Å². The van der Waals surface area contributed by atoms with Gasteiger partial charge < -0.3 is 0 Å². The van der Waals surface area contributed by atoms with E-state index in [-0.39, 0.29) is 17.7 Å². The van der Waals surface area contributed by atoms with Gasteiger partial charge in [-0.15, -0.1) is 11.3 Å². The summed E-state index contributed by atoms with van der Waals surface area (Å²) >= 11 is 2.48. The second-order valence-corrected chi connectivity index (χ2v) is 6.95. The van der Waals surface area contributed by atoms with Crippen molar-refractivity contribution in [2.24, 2.45) is 0 Å². The number of aryl methyl sites for hydroxylation is 1. The largest absolute Gasteiger partial charge is 0.293 e. The number of hydrogen-bond acceptors (Lipinski definition) is 5. The number of hydrogen-bond donors (Lipinski definition) is 0. The van der Waals surface area contributed by atoms with Crippen molar-refractivity contribution in [2.75, 3.05) is 0 Å². The van der Waals surface area contributed by atoms with E-state index in [2.05, 4.69) is 6.07 Å². The molecular weight excluding hydrogens is 328 g/mol. The minimum atomic E-state index is -0.305. The maximum atomic E-state index is 12.5. The standard InChI is InChI=1S/C17H12N2O2S2/c1-11-6-7-22-14(11)8-15-16(20)19(17(21)23-15)10-13-5-3-2-4-12(13)9-18/h2-8H,10H2,1H3/b15-8+. The molecule has 0 unspecified atom stereocenters. The molecular formula is C17H12N2O2S2. The number of thioether (sulfide) groups is 1. The predicted octanol–water partition coefficient (Wildman–Crippen LogP) is 4.16. The molecule has 2 aromatic rings. The number of rotatable bonds is 3. The van der Waals surface area contributed by atoms with E-state index >= 15 is 0 Å². The van der Waals surface area contributed by atoms with Gasteiger partial charge in [-0.2, -0.15) is 5.26 Å². The van der Waals surface area contributed by atoms with Gasteiger partial charge in [-0.25, -0.2) is 0 Å². The van der Waals surface area contributed by atoms with Crippen LogP contribution in [0.3, 0.4) is 0 Å². The number of amides is 2. The molecule has 1 aromatic heterocycles. The molecule has 1 aliphatic rings. The van der Waals surface area contributed by atoms with Gasteiger partial charge >= 0.3 is 0 Å². The summed E-state index contributed by atoms with van der Waals surface area (Å²) in [5.74, 6) is -0.305. The summed E-state index contributed by atoms with van der Waals surface area (Å²) in [7, 11) is 0. The highest BCUT2D eigenvalue weighted by Crippen LogP contribution is 2.34. The SMILES string of the molecule is Cc1ccsc1/C=C1/SC(=O)N(Cc2ccccc2C#N)C1=O. The summed E-state index contributed by atoms with van der Waals surface area (Å²) in [5.41, 5.74) is 2.23. The number of carbonyl (C=O) groups excluding carboxylic acids is 2. The van der Waals surface area contributed by atoms with Gasteiger partial charge in [0.05, 0.1) is 23.1 Å². The molecule has 0 radical (unpaired) electrons. The van der Waals surface area contributed by atoms with E-state index in [9.17, 15) is 9.59 Å². The van der Waals surface area contributed by atoms with Crippen LogP contribution >= 0.6 is 23.1 Å². The Balaban J connectivity index is 1.86. The van der Waals surface area contributed by atoms with E-state index in [1.807, 2.05) is 18.4 Å². The van der Waals surface area contributed by atoms with E-state index < -0.39 is 0 Å². The fourth-order valence-corrected chi connectivity index (χ4v) is 3.98. The second kappa shape index (κ2) is 6.41. The van der Waals surface area contributed by atoms with E-state index in [0.29, 0.717) is 16.0 Å². The summed E-state index contributed by atoms with van der Waals surface area (Å²) in [4.78, 5) is 27.3. The van der Waals surface area contributed by atoms with Gasteiger partial charge in [-0.05, 0) is 53.4 Å². The number of benzene rings is 1. The van der Waals surface area contributed by atoms with Gasteiger partial charge in [0, 0.05) is 4.88 Å². The van der Waals surface area contributed by atoms with Crippen molar-refractivity contribution in [1.29, 1.82) is 5.26 Å². The highest BCUT2D eigenvalue weighted by molar-refractivity contribution is 8.18. The van der Waals surface area contributed by atoms with Crippen molar-refractivity contribution in [3.8, 4) is 6.07 Å². The number of thiophene rings is 1. The number of carbonyl (C=O) groups is 2. The third kappa shape index (κ3) is 3.07. The van der Waals surface area contributed by atoms with Gasteiger partial charge in [-0.1, -0.05) is 18.2 Å². The first kappa shape index (κ1) is 15.5. The summed E-state index contributed by atoms with van der Waals surface area (Å²) in [6.45, 7) is 2.09. The first-order chi connectivity index (χ1) is 11.1. The lowest BCUT2D eigenvalue weighted by Crippen LogP contribution is -2.27. The van der Waals surface area contributed by atoms with Crippen molar-refractivity contribution >= 4 is 40.3 Å². The van der Waals surface area contributed by atoms with Crippen molar-refractivity contribution in [3.63, 3.8) is 0 Å². The first-order valence-electron chi connectivity index (χ1n) is 6.87. The zero-order valence-corrected chi connectivity index (χ0v) is 13.9. The van der Waals surface area contributed by atoms with Crippen molar-refractivity contribution < 1.29 is 9.59 Å². The lowest BCUT2D eigenvalue weighted by molar-refractivity contribution is -0.123. The Morgan fingerprint density at radius 1 is 1.26 bits per heavy atom. The molecule has 1 saturated heterocycles. The molecule has 4 nitrogen and oxygen atoms in total. The number of imide groups is 1. The molecule has 0 saturated carbocycles. The molecule has 0 bridgehead atoms. The fourth-order valence-electron chi connectivity index (χ4n) is 2.23. The lowest BCUT2D eigenvalue weighted by atomic mass is 10.1. The summed E-state index contributed by atoms with van der Waals surface area (Å²) < 4.78 is 0. The monoisotopic (exact) mass is 340 g/mol. The van der Waals surface area contributed by atoms with Gasteiger partial charge in [0.15, 0.2) is 0 Å². The average molecular weight is 340 g/mol. The molecule has 1 aliphatic heterocycles. The van der Waals surface area contributed by atoms with E-state index in [1.165, 1.54) is 16.2 Å². The Labute approximate surface area is 142 Å². The highest BCUT2D eigenvalue weighted by Gasteiger charge is 2.35. The molecule has 0 N–H and O–H groups in total. The Morgan fingerprint density at radius 2 is 2.04 bits per heavy atom.